The number of allylic oxidation sites excluding steroid dienone is 1. The molecule has 0 aromatic heterocycles. The van der Waals surface area contributed by atoms with Gasteiger partial charge in [-0.1, -0.05) is 49.4 Å². The fourth-order valence-electron chi connectivity index (χ4n) is 3.30. The Balaban J connectivity index is 0.00000101. The first kappa shape index (κ1) is 29.0. The van der Waals surface area contributed by atoms with Crippen molar-refractivity contribution in [3.63, 3.8) is 0 Å². The quantitative estimate of drug-likeness (QED) is 0.289. The molecular formula is C26H28BF3NNaO. The van der Waals surface area contributed by atoms with Gasteiger partial charge in [0.1, 0.15) is 12.4 Å². The van der Waals surface area contributed by atoms with Crippen molar-refractivity contribution in [2.75, 3.05) is 27.2 Å². The first-order chi connectivity index (χ1) is 15.4. The third-order valence-electron chi connectivity index (χ3n) is 4.73. The van der Waals surface area contributed by atoms with Crippen LogP contribution in [0.1, 0.15) is 30.0 Å². The molecule has 0 aliphatic carbocycles. The molecule has 0 saturated carbocycles. The molecule has 33 heavy (non-hydrogen) atoms. The standard InChI is InChI=1S/C26H28NO.BF3.Na/c1-4-25(21-11-7-5-8-12-21)26(22-13-9-6-10-14-22)23-15-17-24(18-16-23)28-20-19-27(2)3;2-1(3)4;/h5,7-18H,4,19-20H2,1-3H3;;/q-1;;+1. The maximum atomic E-state index is 9.67. The van der Waals surface area contributed by atoms with Crippen LogP contribution in [0.4, 0.5) is 12.9 Å². The molecule has 0 aliphatic rings. The molecule has 3 aromatic carbocycles. The monoisotopic (exact) mass is 461 g/mol. The number of rotatable bonds is 8. The van der Waals surface area contributed by atoms with E-state index in [-0.39, 0.29) is 29.6 Å². The topological polar surface area (TPSA) is 12.5 Å². The van der Waals surface area contributed by atoms with Crippen molar-refractivity contribution in [2.45, 2.75) is 13.3 Å². The summed E-state index contributed by atoms with van der Waals surface area (Å²) in [5.41, 5.74) is 6.28. The Morgan fingerprint density at radius 1 is 0.848 bits per heavy atom. The zero-order valence-electron chi connectivity index (χ0n) is 19.7. The summed E-state index contributed by atoms with van der Waals surface area (Å²) in [6, 6.07) is 30.5. The molecule has 0 saturated heterocycles. The number of likely N-dealkylation sites (N-methyl/N-ethyl adjacent to an activating group) is 1. The van der Waals surface area contributed by atoms with Crippen molar-refractivity contribution in [1.29, 1.82) is 0 Å². The van der Waals surface area contributed by atoms with Crippen molar-refractivity contribution in [1.82, 2.24) is 4.90 Å². The van der Waals surface area contributed by atoms with Crippen LogP contribution in [-0.4, -0.2) is 39.7 Å². The predicted molar refractivity (Wildman–Crippen MR) is 127 cm³/mol. The third kappa shape index (κ3) is 10.2. The van der Waals surface area contributed by atoms with Crippen LogP contribution >= 0.6 is 0 Å². The molecule has 0 atom stereocenters. The summed E-state index contributed by atoms with van der Waals surface area (Å²) in [5.74, 6) is 0.907. The van der Waals surface area contributed by atoms with E-state index in [1.165, 1.54) is 27.8 Å². The van der Waals surface area contributed by atoms with Crippen LogP contribution in [0.5, 0.6) is 5.75 Å². The maximum absolute atomic E-state index is 9.67. The van der Waals surface area contributed by atoms with Crippen molar-refractivity contribution in [2.24, 2.45) is 0 Å². The summed E-state index contributed by atoms with van der Waals surface area (Å²) >= 11 is 0. The summed E-state index contributed by atoms with van der Waals surface area (Å²) in [7, 11) is 0.438. The molecule has 0 unspecified atom stereocenters. The molecule has 0 heterocycles. The van der Waals surface area contributed by atoms with Crippen LogP contribution in [0.2, 0.25) is 0 Å². The van der Waals surface area contributed by atoms with Crippen molar-refractivity contribution < 1.29 is 47.2 Å². The van der Waals surface area contributed by atoms with Crippen LogP contribution in [0, 0.1) is 6.07 Å². The second-order valence-electron chi connectivity index (χ2n) is 7.29. The van der Waals surface area contributed by atoms with E-state index in [0.29, 0.717) is 6.61 Å². The van der Waals surface area contributed by atoms with E-state index in [0.717, 1.165) is 18.7 Å². The smallest absolute Gasteiger partial charge is 0.492 e. The Morgan fingerprint density at radius 2 is 1.39 bits per heavy atom. The largest absolute Gasteiger partial charge is 1.00 e. The Labute approximate surface area is 218 Å². The minimum atomic E-state index is -3.67. The molecule has 3 rings (SSSR count). The SMILES string of the molecule is CCC(=C(c1cc[c-]cc1)c1ccc(OCCN(C)C)cc1)c1ccccc1.FB(F)F.[Na+]. The van der Waals surface area contributed by atoms with Gasteiger partial charge in [0.25, 0.3) is 0 Å². The normalized spacial score (nSPS) is 11.0. The van der Waals surface area contributed by atoms with Crippen molar-refractivity contribution in [3.05, 3.63) is 102 Å². The van der Waals surface area contributed by atoms with E-state index in [2.05, 4.69) is 98.7 Å². The van der Waals surface area contributed by atoms with Gasteiger partial charge < -0.3 is 9.64 Å². The number of halogens is 3. The maximum Gasteiger partial charge on any atom is 1.00 e. The summed E-state index contributed by atoms with van der Waals surface area (Å²) < 4.78 is 34.9. The van der Waals surface area contributed by atoms with Crippen LogP contribution in [0.3, 0.4) is 0 Å². The van der Waals surface area contributed by atoms with Gasteiger partial charge in [0.2, 0.25) is 0 Å². The van der Waals surface area contributed by atoms with Gasteiger partial charge in [0.05, 0.1) is 0 Å². The molecule has 0 amide bonds. The molecule has 0 radical (unpaired) electrons. The summed E-state index contributed by atoms with van der Waals surface area (Å²) in [6.45, 7) is 3.81. The van der Waals surface area contributed by atoms with Gasteiger partial charge in [0.15, 0.2) is 0 Å². The van der Waals surface area contributed by atoms with Gasteiger partial charge in [0, 0.05) is 6.54 Å². The Morgan fingerprint density at radius 3 is 1.91 bits per heavy atom. The second-order valence-corrected chi connectivity index (χ2v) is 7.29. The number of hydrogen-bond acceptors (Lipinski definition) is 2. The molecule has 0 N–H and O–H groups in total. The number of hydrogen-bond donors (Lipinski definition) is 0. The Kier molecular flexibility index (Phi) is 13.9. The predicted octanol–water partition coefficient (Wildman–Crippen LogP) is 3.68. The number of nitrogens with zero attached hydrogens (tertiary/aromatic N) is 1. The molecule has 0 fully saturated rings. The number of benzene rings is 3. The molecular weight excluding hydrogens is 433 g/mol. The zero-order valence-corrected chi connectivity index (χ0v) is 21.7. The van der Waals surface area contributed by atoms with Crippen LogP contribution in [0.15, 0.2) is 78.9 Å². The van der Waals surface area contributed by atoms with Crippen LogP contribution in [0.25, 0.3) is 11.1 Å². The summed E-state index contributed by atoms with van der Waals surface area (Å²) in [4.78, 5) is 2.12. The van der Waals surface area contributed by atoms with Gasteiger partial charge >= 0.3 is 37.1 Å². The van der Waals surface area contributed by atoms with Gasteiger partial charge in [-0.05, 0) is 54.9 Å². The second kappa shape index (κ2) is 15.8. The molecule has 7 heteroatoms. The third-order valence-corrected chi connectivity index (χ3v) is 4.73. The molecule has 0 spiro atoms. The van der Waals surface area contributed by atoms with Crippen LogP contribution in [-0.2, 0) is 0 Å². The van der Waals surface area contributed by atoms with Gasteiger partial charge in [-0.2, -0.15) is 30.3 Å². The molecule has 3 aromatic rings. The minimum absolute atomic E-state index is 0. The van der Waals surface area contributed by atoms with E-state index < -0.39 is 7.54 Å². The van der Waals surface area contributed by atoms with Crippen molar-refractivity contribution >= 4 is 18.7 Å². The van der Waals surface area contributed by atoms with Gasteiger partial charge in [-0.25, -0.2) is 0 Å². The Hall–Kier alpha value is -1.99. The van der Waals surface area contributed by atoms with E-state index in [9.17, 15) is 12.9 Å². The molecule has 0 aliphatic heterocycles. The average molecular weight is 461 g/mol. The average Bonchev–Trinajstić information content (AvgIpc) is 2.78. The summed E-state index contributed by atoms with van der Waals surface area (Å²) in [6.07, 6.45) is 0.957. The molecule has 0 bridgehead atoms. The van der Waals surface area contributed by atoms with Crippen LogP contribution < -0.4 is 34.3 Å². The van der Waals surface area contributed by atoms with E-state index in [4.69, 9.17) is 4.74 Å². The zero-order chi connectivity index (χ0) is 23.3. The van der Waals surface area contributed by atoms with E-state index in [1.807, 2.05) is 12.1 Å². The fourth-order valence-corrected chi connectivity index (χ4v) is 3.30. The first-order valence-electron chi connectivity index (χ1n) is 10.5. The molecule has 2 nitrogen and oxygen atoms in total. The van der Waals surface area contributed by atoms with E-state index >= 15 is 0 Å². The fraction of sp³-hybridized carbons (Fsp3) is 0.231. The molecule has 168 valence electrons. The number of ether oxygens (including phenoxy) is 1. The van der Waals surface area contributed by atoms with Gasteiger partial charge in [-0.15, -0.1) is 5.56 Å². The Bertz CT molecular complexity index is 950. The van der Waals surface area contributed by atoms with E-state index in [1.54, 1.807) is 0 Å². The van der Waals surface area contributed by atoms with Gasteiger partial charge in [-0.3, -0.25) is 12.9 Å². The minimum Gasteiger partial charge on any atom is -0.492 e. The van der Waals surface area contributed by atoms with Crippen molar-refractivity contribution in [3.8, 4) is 5.75 Å². The summed E-state index contributed by atoms with van der Waals surface area (Å²) in [5, 5.41) is 0. The first-order valence-corrected chi connectivity index (χ1v) is 10.5.